The predicted molar refractivity (Wildman–Crippen MR) is 63.1 cm³/mol. The van der Waals surface area contributed by atoms with E-state index in [1.165, 1.54) is 25.3 Å². The van der Waals surface area contributed by atoms with E-state index in [0.29, 0.717) is 11.1 Å². The van der Waals surface area contributed by atoms with Crippen molar-refractivity contribution in [3.63, 3.8) is 0 Å². The molecule has 2 rings (SSSR count). The second-order valence-electron chi connectivity index (χ2n) is 3.54. The van der Waals surface area contributed by atoms with Gasteiger partial charge >= 0.3 is 5.97 Å². The Morgan fingerprint density at radius 3 is 2.56 bits per heavy atom. The van der Waals surface area contributed by atoms with E-state index in [2.05, 4.69) is 4.98 Å². The van der Waals surface area contributed by atoms with Crippen molar-refractivity contribution in [1.82, 2.24) is 4.98 Å². The second-order valence-corrected chi connectivity index (χ2v) is 3.54. The van der Waals surface area contributed by atoms with Crippen molar-refractivity contribution in [2.75, 3.05) is 7.11 Å². The van der Waals surface area contributed by atoms with E-state index in [1.54, 1.807) is 18.2 Å². The first-order valence-electron chi connectivity index (χ1n) is 5.16. The number of rotatable bonds is 3. The van der Waals surface area contributed by atoms with Crippen LogP contribution in [0.25, 0.3) is 11.1 Å². The Balaban J connectivity index is 2.58. The molecule has 1 aromatic carbocycles. The average molecular weight is 247 g/mol. The third kappa shape index (κ3) is 2.15. The Kier molecular flexibility index (Phi) is 3.23. The van der Waals surface area contributed by atoms with Crippen LogP contribution in [0.2, 0.25) is 0 Å². The minimum absolute atomic E-state index is 0.0833. The van der Waals surface area contributed by atoms with Crippen LogP contribution in [-0.4, -0.2) is 23.2 Å². The number of hydrogen-bond acceptors (Lipinski definition) is 3. The number of aromatic carboxylic acids is 1. The summed E-state index contributed by atoms with van der Waals surface area (Å²) >= 11 is 0. The van der Waals surface area contributed by atoms with Crippen LogP contribution in [0.15, 0.2) is 36.4 Å². The van der Waals surface area contributed by atoms with Gasteiger partial charge in [-0.25, -0.2) is 14.2 Å². The number of nitrogens with zero attached hydrogens (tertiary/aromatic N) is 1. The number of hydrogen-bond donors (Lipinski definition) is 1. The van der Waals surface area contributed by atoms with E-state index in [1.807, 2.05) is 0 Å². The van der Waals surface area contributed by atoms with E-state index in [0.717, 1.165) is 0 Å². The van der Waals surface area contributed by atoms with Gasteiger partial charge in [-0.3, -0.25) is 0 Å². The lowest BCUT2D eigenvalue weighted by Crippen LogP contribution is -2.03. The van der Waals surface area contributed by atoms with Crippen LogP contribution >= 0.6 is 0 Å². The lowest BCUT2D eigenvalue weighted by atomic mass is 10.1. The molecule has 0 fully saturated rings. The molecule has 0 aliphatic rings. The van der Waals surface area contributed by atoms with Gasteiger partial charge in [0.15, 0.2) is 5.69 Å². The molecule has 0 bridgehead atoms. The maximum Gasteiger partial charge on any atom is 0.354 e. The van der Waals surface area contributed by atoms with Crippen molar-refractivity contribution >= 4 is 5.97 Å². The first-order valence-corrected chi connectivity index (χ1v) is 5.16. The molecule has 0 saturated heterocycles. The molecule has 5 heteroatoms. The first kappa shape index (κ1) is 12.0. The molecule has 0 atom stereocenters. The lowest BCUT2D eigenvalue weighted by Gasteiger charge is -2.09. The molecule has 0 amide bonds. The standard InChI is InChI=1S/C13H10FNO3/c1-18-12-9(6-7-11(15-12)13(16)17)8-4-2-3-5-10(8)14/h2-7H,1H3,(H,16,17). The highest BCUT2D eigenvalue weighted by Gasteiger charge is 2.14. The van der Waals surface area contributed by atoms with Gasteiger partial charge in [0.05, 0.1) is 7.11 Å². The summed E-state index contributed by atoms with van der Waals surface area (Å²) in [5.74, 6) is -1.49. The number of aromatic nitrogens is 1. The van der Waals surface area contributed by atoms with Crippen molar-refractivity contribution in [3.8, 4) is 17.0 Å². The molecular formula is C13H10FNO3. The predicted octanol–water partition coefficient (Wildman–Crippen LogP) is 2.59. The Hall–Kier alpha value is -2.43. The molecule has 2 aromatic rings. The zero-order valence-corrected chi connectivity index (χ0v) is 9.55. The smallest absolute Gasteiger partial charge is 0.354 e. The molecule has 0 unspecified atom stereocenters. The van der Waals surface area contributed by atoms with Gasteiger partial charge in [0.1, 0.15) is 5.82 Å². The number of benzene rings is 1. The van der Waals surface area contributed by atoms with E-state index in [4.69, 9.17) is 9.84 Å². The summed E-state index contributed by atoms with van der Waals surface area (Å²) in [4.78, 5) is 14.6. The summed E-state index contributed by atoms with van der Waals surface area (Å²) in [7, 11) is 1.36. The molecule has 0 radical (unpaired) electrons. The zero-order valence-electron chi connectivity index (χ0n) is 9.55. The number of carbonyl (C=O) groups is 1. The van der Waals surface area contributed by atoms with Crippen molar-refractivity contribution in [3.05, 3.63) is 47.9 Å². The van der Waals surface area contributed by atoms with E-state index in [-0.39, 0.29) is 11.6 Å². The fourth-order valence-corrected chi connectivity index (χ4v) is 1.60. The third-order valence-corrected chi connectivity index (χ3v) is 2.44. The highest BCUT2D eigenvalue weighted by atomic mass is 19.1. The molecular weight excluding hydrogens is 237 g/mol. The fraction of sp³-hybridized carbons (Fsp3) is 0.0769. The summed E-state index contributed by atoms with van der Waals surface area (Å²) in [5.41, 5.74) is 0.589. The monoisotopic (exact) mass is 247 g/mol. The normalized spacial score (nSPS) is 10.1. The number of carboxylic acids is 1. The van der Waals surface area contributed by atoms with E-state index >= 15 is 0 Å². The van der Waals surface area contributed by atoms with Gasteiger partial charge in [-0.2, -0.15) is 0 Å². The van der Waals surface area contributed by atoms with Crippen molar-refractivity contribution in [1.29, 1.82) is 0 Å². The van der Waals surface area contributed by atoms with Gasteiger partial charge < -0.3 is 9.84 Å². The van der Waals surface area contributed by atoms with Gasteiger partial charge in [-0.05, 0) is 18.2 Å². The van der Waals surface area contributed by atoms with Crippen LogP contribution in [0, 0.1) is 5.82 Å². The van der Waals surface area contributed by atoms with Crippen LogP contribution in [0.3, 0.4) is 0 Å². The van der Waals surface area contributed by atoms with Crippen LogP contribution in [0.4, 0.5) is 4.39 Å². The Morgan fingerprint density at radius 2 is 1.94 bits per heavy atom. The van der Waals surface area contributed by atoms with Gasteiger partial charge in [0.2, 0.25) is 5.88 Å². The van der Waals surface area contributed by atoms with Crippen molar-refractivity contribution in [2.24, 2.45) is 0 Å². The van der Waals surface area contributed by atoms with Gasteiger partial charge in [-0.15, -0.1) is 0 Å². The number of ether oxygens (including phenoxy) is 1. The molecule has 1 N–H and O–H groups in total. The fourth-order valence-electron chi connectivity index (χ4n) is 1.60. The van der Waals surface area contributed by atoms with E-state index in [9.17, 15) is 9.18 Å². The largest absolute Gasteiger partial charge is 0.481 e. The lowest BCUT2D eigenvalue weighted by molar-refractivity contribution is 0.0689. The molecule has 0 aliphatic heterocycles. The number of halogens is 1. The molecule has 4 nitrogen and oxygen atoms in total. The maximum atomic E-state index is 13.7. The Morgan fingerprint density at radius 1 is 1.22 bits per heavy atom. The molecule has 0 aliphatic carbocycles. The zero-order chi connectivity index (χ0) is 13.1. The summed E-state index contributed by atoms with van der Waals surface area (Å²) in [6.45, 7) is 0. The van der Waals surface area contributed by atoms with E-state index < -0.39 is 11.8 Å². The molecule has 92 valence electrons. The molecule has 0 saturated carbocycles. The first-order chi connectivity index (χ1) is 8.63. The molecule has 1 heterocycles. The van der Waals surface area contributed by atoms with Gasteiger partial charge in [0, 0.05) is 11.1 Å². The van der Waals surface area contributed by atoms with Crippen LogP contribution < -0.4 is 4.74 Å². The summed E-state index contributed by atoms with van der Waals surface area (Å²) in [5, 5.41) is 8.83. The maximum absolute atomic E-state index is 13.7. The Bertz CT molecular complexity index is 599. The average Bonchev–Trinajstić information content (AvgIpc) is 2.38. The van der Waals surface area contributed by atoms with Crippen LogP contribution in [0.5, 0.6) is 5.88 Å². The second kappa shape index (κ2) is 4.83. The number of carboxylic acid groups (broad SMARTS) is 1. The molecule has 1 aromatic heterocycles. The summed E-state index contributed by atoms with van der Waals surface area (Å²) in [6, 6.07) is 8.95. The highest BCUT2D eigenvalue weighted by molar-refractivity contribution is 5.86. The van der Waals surface area contributed by atoms with Gasteiger partial charge in [-0.1, -0.05) is 18.2 Å². The topological polar surface area (TPSA) is 59.4 Å². The summed E-state index contributed by atoms with van der Waals surface area (Å²) in [6.07, 6.45) is 0. The van der Waals surface area contributed by atoms with Gasteiger partial charge in [0.25, 0.3) is 0 Å². The summed E-state index contributed by atoms with van der Waals surface area (Å²) < 4.78 is 18.7. The number of pyridine rings is 1. The molecule has 0 spiro atoms. The van der Waals surface area contributed by atoms with Crippen molar-refractivity contribution < 1.29 is 19.0 Å². The highest BCUT2D eigenvalue weighted by Crippen LogP contribution is 2.30. The Labute approximate surface area is 103 Å². The minimum Gasteiger partial charge on any atom is -0.481 e. The van der Waals surface area contributed by atoms with Crippen LogP contribution in [0.1, 0.15) is 10.5 Å². The quantitative estimate of drug-likeness (QED) is 0.905. The number of methoxy groups -OCH3 is 1. The third-order valence-electron chi connectivity index (χ3n) is 2.44. The minimum atomic E-state index is -1.16. The van der Waals surface area contributed by atoms with Crippen molar-refractivity contribution in [2.45, 2.75) is 0 Å². The van der Waals surface area contributed by atoms with Crippen LogP contribution in [-0.2, 0) is 0 Å². The SMILES string of the molecule is COc1nc(C(=O)O)ccc1-c1ccccc1F. The molecule has 18 heavy (non-hydrogen) atoms.